The van der Waals surface area contributed by atoms with Gasteiger partial charge in [0.2, 0.25) is 11.7 Å². The fraction of sp³-hybridized carbons (Fsp3) is 0.273. The van der Waals surface area contributed by atoms with Gasteiger partial charge in [-0.3, -0.25) is 0 Å². The lowest BCUT2D eigenvalue weighted by atomic mass is 10.1. The number of halogens is 3. The van der Waals surface area contributed by atoms with E-state index in [1.165, 1.54) is 13.2 Å². The Kier molecular flexibility index (Phi) is 4.08. The zero-order chi connectivity index (χ0) is 14.0. The maximum atomic E-state index is 13.9. The van der Waals surface area contributed by atoms with Crippen molar-refractivity contribution in [3.8, 4) is 11.4 Å². The molecular formula is C11H10ClF2N3O2. The number of rotatable bonds is 4. The predicted molar refractivity (Wildman–Crippen MR) is 63.3 cm³/mol. The van der Waals surface area contributed by atoms with Gasteiger partial charge < -0.3 is 15.0 Å². The molecule has 0 aliphatic carbocycles. The molecule has 1 heterocycles. The molecule has 5 nitrogen and oxygen atoms in total. The van der Waals surface area contributed by atoms with Crippen molar-refractivity contribution in [1.82, 2.24) is 10.1 Å². The molecule has 0 spiro atoms. The number of aromatic nitrogens is 2. The van der Waals surface area contributed by atoms with Crippen LogP contribution in [0.3, 0.4) is 0 Å². The van der Waals surface area contributed by atoms with Gasteiger partial charge in [-0.25, -0.2) is 8.78 Å². The number of nitrogens with zero attached hydrogens (tertiary/aromatic N) is 2. The van der Waals surface area contributed by atoms with E-state index in [2.05, 4.69) is 10.1 Å². The fourth-order valence-electron chi connectivity index (χ4n) is 1.52. The SMILES string of the molecule is COCc1c(Cl)cc(-c2noc(CN)n2)c(F)c1F. The normalized spacial score (nSPS) is 11.0. The standard InChI is InChI=1S/C11H10ClF2N3O2/c1-18-4-6-7(12)2-5(9(13)10(6)14)11-16-8(3-15)19-17-11/h2H,3-4,15H2,1H3. The van der Waals surface area contributed by atoms with Crippen LogP contribution in [0.15, 0.2) is 10.6 Å². The molecule has 0 saturated carbocycles. The Morgan fingerprint density at radius 2 is 2.16 bits per heavy atom. The van der Waals surface area contributed by atoms with Crippen LogP contribution in [0.2, 0.25) is 5.02 Å². The van der Waals surface area contributed by atoms with E-state index in [1.807, 2.05) is 0 Å². The predicted octanol–water partition coefficient (Wildman–Crippen LogP) is 2.27. The van der Waals surface area contributed by atoms with Gasteiger partial charge in [-0.15, -0.1) is 0 Å². The zero-order valence-electron chi connectivity index (χ0n) is 9.91. The van der Waals surface area contributed by atoms with E-state index in [0.29, 0.717) is 0 Å². The Bertz CT molecular complexity index is 604. The van der Waals surface area contributed by atoms with Gasteiger partial charge in [-0.2, -0.15) is 4.98 Å². The van der Waals surface area contributed by atoms with E-state index in [-0.39, 0.29) is 41.0 Å². The molecule has 102 valence electrons. The molecule has 2 aromatic rings. The summed E-state index contributed by atoms with van der Waals surface area (Å²) in [6.45, 7) is -0.130. The molecule has 0 fully saturated rings. The van der Waals surface area contributed by atoms with Crippen LogP contribution in [0.1, 0.15) is 11.5 Å². The Labute approximate surface area is 112 Å². The van der Waals surface area contributed by atoms with Crippen molar-refractivity contribution < 1.29 is 18.0 Å². The zero-order valence-corrected chi connectivity index (χ0v) is 10.7. The van der Waals surface area contributed by atoms with Gasteiger partial charge in [0, 0.05) is 17.7 Å². The summed E-state index contributed by atoms with van der Waals surface area (Å²) in [6.07, 6.45) is 0. The average Bonchev–Trinajstić information content (AvgIpc) is 2.87. The van der Waals surface area contributed by atoms with E-state index in [4.69, 9.17) is 26.6 Å². The molecule has 19 heavy (non-hydrogen) atoms. The number of hydrogen-bond donors (Lipinski definition) is 1. The van der Waals surface area contributed by atoms with Gasteiger partial charge in [0.05, 0.1) is 18.7 Å². The van der Waals surface area contributed by atoms with Crippen LogP contribution in [-0.2, 0) is 17.9 Å². The number of hydrogen-bond acceptors (Lipinski definition) is 5. The van der Waals surface area contributed by atoms with Crippen LogP contribution >= 0.6 is 11.6 Å². The molecule has 0 saturated heterocycles. The third kappa shape index (κ3) is 2.58. The van der Waals surface area contributed by atoms with Crippen LogP contribution in [-0.4, -0.2) is 17.3 Å². The molecule has 0 bridgehead atoms. The molecule has 0 aliphatic heterocycles. The van der Waals surface area contributed by atoms with E-state index < -0.39 is 11.6 Å². The first-order chi connectivity index (χ1) is 9.08. The maximum Gasteiger partial charge on any atom is 0.240 e. The second-order valence-electron chi connectivity index (χ2n) is 3.66. The summed E-state index contributed by atoms with van der Waals surface area (Å²) < 4.78 is 37.2. The number of nitrogens with two attached hydrogens (primary N) is 1. The minimum Gasteiger partial charge on any atom is -0.380 e. The average molecular weight is 290 g/mol. The molecule has 0 unspecified atom stereocenters. The second-order valence-corrected chi connectivity index (χ2v) is 4.07. The fourth-order valence-corrected chi connectivity index (χ4v) is 1.77. The van der Waals surface area contributed by atoms with Gasteiger partial charge in [-0.05, 0) is 6.07 Å². The van der Waals surface area contributed by atoms with Gasteiger partial charge in [0.1, 0.15) is 0 Å². The highest BCUT2D eigenvalue weighted by Crippen LogP contribution is 2.30. The van der Waals surface area contributed by atoms with Gasteiger partial charge in [0.15, 0.2) is 11.6 Å². The molecule has 0 amide bonds. The van der Waals surface area contributed by atoms with Crippen molar-refractivity contribution in [2.45, 2.75) is 13.2 Å². The Balaban J connectivity index is 2.53. The highest BCUT2D eigenvalue weighted by atomic mass is 35.5. The van der Waals surface area contributed by atoms with Gasteiger partial charge >= 0.3 is 0 Å². The Morgan fingerprint density at radius 3 is 2.74 bits per heavy atom. The van der Waals surface area contributed by atoms with Crippen molar-refractivity contribution in [1.29, 1.82) is 0 Å². The first kappa shape index (κ1) is 13.9. The molecule has 8 heteroatoms. The van der Waals surface area contributed by atoms with Crippen molar-refractivity contribution in [2.75, 3.05) is 7.11 Å². The minimum absolute atomic E-state index is 0.00654. The van der Waals surface area contributed by atoms with E-state index in [1.54, 1.807) is 0 Å². The number of benzene rings is 1. The maximum absolute atomic E-state index is 13.9. The number of ether oxygens (including phenoxy) is 1. The summed E-state index contributed by atoms with van der Waals surface area (Å²) >= 11 is 5.88. The molecule has 1 aromatic heterocycles. The lowest BCUT2D eigenvalue weighted by Crippen LogP contribution is -2.01. The largest absolute Gasteiger partial charge is 0.380 e. The lowest BCUT2D eigenvalue weighted by Gasteiger charge is -2.08. The third-order valence-corrected chi connectivity index (χ3v) is 2.76. The molecule has 1 aromatic carbocycles. The molecule has 2 N–H and O–H groups in total. The summed E-state index contributed by atoms with van der Waals surface area (Å²) in [4.78, 5) is 3.82. The number of methoxy groups -OCH3 is 1. The minimum atomic E-state index is -1.11. The molecular weight excluding hydrogens is 280 g/mol. The van der Waals surface area contributed by atoms with Crippen molar-refractivity contribution in [2.24, 2.45) is 5.73 Å². The van der Waals surface area contributed by atoms with Gasteiger partial charge in [-0.1, -0.05) is 16.8 Å². The summed E-state index contributed by atoms with van der Waals surface area (Å²) in [5, 5.41) is 3.54. The molecule has 2 rings (SSSR count). The first-order valence-corrected chi connectivity index (χ1v) is 5.64. The first-order valence-electron chi connectivity index (χ1n) is 5.26. The van der Waals surface area contributed by atoms with Crippen LogP contribution in [0.25, 0.3) is 11.4 Å². The molecule has 0 atom stereocenters. The van der Waals surface area contributed by atoms with E-state index in [0.717, 1.165) is 0 Å². The lowest BCUT2D eigenvalue weighted by molar-refractivity contribution is 0.180. The second kappa shape index (κ2) is 5.60. The molecule has 0 radical (unpaired) electrons. The van der Waals surface area contributed by atoms with Crippen molar-refractivity contribution in [3.05, 3.63) is 34.2 Å². The smallest absolute Gasteiger partial charge is 0.240 e. The van der Waals surface area contributed by atoms with Crippen LogP contribution in [0, 0.1) is 11.6 Å². The molecule has 0 aliphatic rings. The third-order valence-electron chi connectivity index (χ3n) is 2.43. The van der Waals surface area contributed by atoms with Crippen LogP contribution in [0.4, 0.5) is 8.78 Å². The van der Waals surface area contributed by atoms with Crippen LogP contribution in [0.5, 0.6) is 0 Å². The summed E-state index contributed by atoms with van der Waals surface area (Å²) in [5.41, 5.74) is 5.04. The summed E-state index contributed by atoms with van der Waals surface area (Å²) in [5.74, 6) is -2.20. The van der Waals surface area contributed by atoms with E-state index in [9.17, 15) is 8.78 Å². The quantitative estimate of drug-likeness (QED) is 0.874. The monoisotopic (exact) mass is 289 g/mol. The highest BCUT2D eigenvalue weighted by molar-refractivity contribution is 6.31. The summed E-state index contributed by atoms with van der Waals surface area (Å²) in [6, 6.07) is 1.22. The highest BCUT2D eigenvalue weighted by Gasteiger charge is 2.21. The van der Waals surface area contributed by atoms with Gasteiger partial charge in [0.25, 0.3) is 0 Å². The van der Waals surface area contributed by atoms with Crippen molar-refractivity contribution in [3.63, 3.8) is 0 Å². The van der Waals surface area contributed by atoms with E-state index >= 15 is 0 Å². The topological polar surface area (TPSA) is 74.2 Å². The Hall–Kier alpha value is -1.57. The Morgan fingerprint density at radius 1 is 1.42 bits per heavy atom. The summed E-state index contributed by atoms with van der Waals surface area (Å²) in [7, 11) is 1.36. The van der Waals surface area contributed by atoms with Crippen molar-refractivity contribution >= 4 is 11.6 Å². The van der Waals surface area contributed by atoms with Crippen LogP contribution < -0.4 is 5.73 Å².